The molecule has 0 aliphatic carbocycles. The van der Waals surface area contributed by atoms with E-state index in [-0.39, 0.29) is 19.1 Å². The molecule has 0 radical (unpaired) electrons. The quantitative estimate of drug-likeness (QED) is 0.0272. The first-order valence-electron chi connectivity index (χ1n) is 42.0. The molecule has 0 aromatic rings. The van der Waals surface area contributed by atoms with Gasteiger partial charge in [-0.15, -0.1) is 0 Å². The van der Waals surface area contributed by atoms with Crippen LogP contribution in [0.4, 0.5) is 0 Å². The second kappa shape index (κ2) is 74.5. The van der Waals surface area contributed by atoms with E-state index in [1.807, 2.05) is 21.1 Å². The molecule has 0 aliphatic rings. The van der Waals surface area contributed by atoms with Crippen LogP contribution in [-0.4, -0.2) is 68.5 Å². The van der Waals surface area contributed by atoms with Crippen molar-refractivity contribution in [1.29, 1.82) is 0 Å². The minimum atomic E-state index is -4.58. The van der Waals surface area contributed by atoms with Gasteiger partial charge in [0.1, 0.15) is 13.2 Å². The number of nitrogens with zero attached hydrogens (tertiary/aromatic N) is 1. The number of aliphatic hydroxyl groups is 1. The topological polar surface area (TPSA) is 108 Å². The third-order valence-electron chi connectivity index (χ3n) is 20.0. The number of quaternary nitrogens is 1. The summed E-state index contributed by atoms with van der Waals surface area (Å²) in [5, 5.41) is 14.2. The molecule has 1 amide bonds. The number of rotatable bonds is 80. The molecule has 0 saturated heterocycles. The Morgan fingerprint density at radius 3 is 0.848 bits per heavy atom. The van der Waals surface area contributed by atoms with Crippen LogP contribution in [0, 0.1) is 0 Å². The van der Waals surface area contributed by atoms with Gasteiger partial charge >= 0.3 is 0 Å². The molecule has 0 spiro atoms. The van der Waals surface area contributed by atoms with Gasteiger partial charge in [0, 0.05) is 6.42 Å². The summed E-state index contributed by atoms with van der Waals surface area (Å²) < 4.78 is 23.6. The molecule has 9 heteroatoms. The van der Waals surface area contributed by atoms with E-state index < -0.39 is 20.0 Å². The Kier molecular flexibility index (Phi) is 73.8. The van der Waals surface area contributed by atoms with E-state index in [0.29, 0.717) is 23.9 Å². The third kappa shape index (κ3) is 76.6. The lowest BCUT2D eigenvalue weighted by molar-refractivity contribution is -0.870. The predicted molar refractivity (Wildman–Crippen MR) is 404 cm³/mol. The minimum Gasteiger partial charge on any atom is -0.756 e. The van der Waals surface area contributed by atoms with E-state index in [2.05, 4.69) is 31.3 Å². The number of unbranched alkanes of at least 4 members (excludes halogenated alkanes) is 65. The number of phosphoric ester groups is 1. The SMILES string of the molecule is CCCCCCCCCC/C=C\CCCCCCCCCCCCCCCCCCCCCCCCCCCCCCCC(=O)NC(COP(=O)([O-])OCC[N+](C)(C)C)C(O)CCCCCCCCCCCCCCCCCCCCCCCCCCCCCCC. The number of aliphatic hydroxyl groups excluding tert-OH is 1. The highest BCUT2D eigenvalue weighted by Gasteiger charge is 2.24. The van der Waals surface area contributed by atoms with Crippen molar-refractivity contribution in [2.24, 2.45) is 0 Å². The summed E-state index contributed by atoms with van der Waals surface area (Å²) in [5.74, 6) is -0.152. The van der Waals surface area contributed by atoms with Crippen LogP contribution in [0.15, 0.2) is 12.2 Å². The molecule has 550 valence electrons. The largest absolute Gasteiger partial charge is 0.756 e. The summed E-state index contributed by atoms with van der Waals surface area (Å²) in [4.78, 5) is 25.8. The first-order chi connectivity index (χ1) is 45.0. The molecule has 0 aromatic carbocycles. The summed E-state index contributed by atoms with van der Waals surface area (Å²) in [7, 11) is 1.33. The van der Waals surface area contributed by atoms with E-state index in [1.54, 1.807) is 0 Å². The number of likely N-dealkylation sites (N-methyl/N-ethyl adjacent to an activating group) is 1. The molecule has 0 aliphatic heterocycles. The highest BCUT2D eigenvalue weighted by Crippen LogP contribution is 2.38. The fourth-order valence-electron chi connectivity index (χ4n) is 13.5. The number of hydrogen-bond donors (Lipinski definition) is 2. The van der Waals surface area contributed by atoms with Crippen molar-refractivity contribution in [1.82, 2.24) is 5.32 Å². The Morgan fingerprint density at radius 1 is 0.370 bits per heavy atom. The molecule has 0 fully saturated rings. The second-order valence-electron chi connectivity index (χ2n) is 30.5. The van der Waals surface area contributed by atoms with Crippen LogP contribution < -0.4 is 10.2 Å². The smallest absolute Gasteiger partial charge is 0.268 e. The van der Waals surface area contributed by atoms with Crippen molar-refractivity contribution in [3.63, 3.8) is 0 Å². The Balaban J connectivity index is 3.85. The van der Waals surface area contributed by atoms with Gasteiger partial charge in [0.05, 0.1) is 39.9 Å². The fraction of sp³-hybridized carbons (Fsp3) is 0.964. The molecule has 0 aromatic heterocycles. The molecule has 2 N–H and O–H groups in total. The lowest BCUT2D eigenvalue weighted by atomic mass is 10.0. The average Bonchev–Trinajstić information content (AvgIpc) is 2.63. The summed E-state index contributed by atoms with van der Waals surface area (Å²) in [6.45, 7) is 4.81. The molecular formula is C83H167N2O6P. The van der Waals surface area contributed by atoms with Gasteiger partial charge in [-0.1, -0.05) is 431 Å². The van der Waals surface area contributed by atoms with Crippen LogP contribution in [-0.2, 0) is 18.4 Å². The normalized spacial score (nSPS) is 13.4. The van der Waals surface area contributed by atoms with E-state index in [0.717, 1.165) is 38.5 Å². The lowest BCUT2D eigenvalue weighted by Crippen LogP contribution is -2.46. The van der Waals surface area contributed by atoms with Crippen LogP contribution in [0.1, 0.15) is 463 Å². The van der Waals surface area contributed by atoms with Crippen LogP contribution >= 0.6 is 7.82 Å². The van der Waals surface area contributed by atoms with E-state index in [4.69, 9.17) is 9.05 Å². The van der Waals surface area contributed by atoms with Crippen LogP contribution in [0.5, 0.6) is 0 Å². The third-order valence-corrected chi connectivity index (χ3v) is 21.0. The van der Waals surface area contributed by atoms with Crippen molar-refractivity contribution in [3.8, 4) is 0 Å². The molecule has 0 bridgehead atoms. The van der Waals surface area contributed by atoms with Gasteiger partial charge in [0.25, 0.3) is 7.82 Å². The first-order valence-corrected chi connectivity index (χ1v) is 43.5. The number of hydrogen-bond acceptors (Lipinski definition) is 6. The van der Waals surface area contributed by atoms with Gasteiger partial charge in [-0.25, -0.2) is 0 Å². The number of amides is 1. The molecule has 3 unspecified atom stereocenters. The van der Waals surface area contributed by atoms with Crippen LogP contribution in [0.3, 0.4) is 0 Å². The highest BCUT2D eigenvalue weighted by atomic mass is 31.2. The van der Waals surface area contributed by atoms with Crippen molar-refractivity contribution in [2.45, 2.75) is 475 Å². The van der Waals surface area contributed by atoms with E-state index >= 15 is 0 Å². The summed E-state index contributed by atoms with van der Waals surface area (Å²) in [6, 6.07) is -0.799. The van der Waals surface area contributed by atoms with E-state index in [1.165, 1.54) is 398 Å². The average molecular weight is 1320 g/mol. The number of phosphoric acid groups is 1. The minimum absolute atomic E-state index is 0.0166. The highest BCUT2D eigenvalue weighted by molar-refractivity contribution is 7.45. The van der Waals surface area contributed by atoms with Crippen molar-refractivity contribution < 1.29 is 32.9 Å². The Bertz CT molecular complexity index is 1510. The Hall–Kier alpha value is -0.760. The monoisotopic (exact) mass is 1320 g/mol. The second-order valence-corrected chi connectivity index (χ2v) is 32.0. The van der Waals surface area contributed by atoms with Gasteiger partial charge in [-0.05, 0) is 38.5 Å². The van der Waals surface area contributed by atoms with Gasteiger partial charge < -0.3 is 28.8 Å². The maximum atomic E-state index is 13.1. The number of carbonyl (C=O) groups is 1. The molecule has 92 heavy (non-hydrogen) atoms. The van der Waals surface area contributed by atoms with E-state index in [9.17, 15) is 19.4 Å². The lowest BCUT2D eigenvalue weighted by Gasteiger charge is -2.30. The Labute approximate surface area is 577 Å². The van der Waals surface area contributed by atoms with Gasteiger partial charge in [-0.3, -0.25) is 9.36 Å². The number of nitrogens with one attached hydrogen (secondary N) is 1. The van der Waals surface area contributed by atoms with Gasteiger partial charge in [-0.2, -0.15) is 0 Å². The van der Waals surface area contributed by atoms with Crippen LogP contribution in [0.2, 0.25) is 0 Å². The molecule has 3 atom stereocenters. The molecule has 8 nitrogen and oxygen atoms in total. The standard InChI is InChI=1S/C83H167N2O6P/c1-6-8-10-12-14-16-18-20-22-24-26-28-30-32-34-36-37-38-39-40-41-42-43-44-45-46-47-49-51-53-55-57-59-61-63-65-67-69-71-73-75-77-83(87)84-81(80-91-92(88,89)90-79-78-85(3,4)5)82(86)76-74-72-70-68-66-64-62-60-58-56-54-52-50-48-35-33-31-29-27-25-23-21-19-17-15-13-11-9-7-2/h24,26,81-82,86H,6-23,25,27-80H2,1-5H3,(H-,84,87,88,89)/b26-24-. The first kappa shape index (κ1) is 91.2. The zero-order valence-corrected chi connectivity index (χ0v) is 64.2. The molecule has 0 rings (SSSR count). The van der Waals surface area contributed by atoms with Gasteiger partial charge in [0.2, 0.25) is 5.91 Å². The van der Waals surface area contributed by atoms with Gasteiger partial charge in [0.15, 0.2) is 0 Å². The molecular weight excluding hydrogens is 1150 g/mol. The number of carbonyl (C=O) groups excluding carboxylic acids is 1. The summed E-state index contributed by atoms with van der Waals surface area (Å²) >= 11 is 0. The molecule has 0 heterocycles. The maximum absolute atomic E-state index is 13.1. The number of allylic oxidation sites excluding steroid dienone is 2. The Morgan fingerprint density at radius 2 is 0.598 bits per heavy atom. The van der Waals surface area contributed by atoms with Crippen molar-refractivity contribution >= 4 is 13.7 Å². The summed E-state index contributed by atoms with van der Waals surface area (Å²) in [5.41, 5.74) is 0. The summed E-state index contributed by atoms with van der Waals surface area (Å²) in [6.07, 6.45) is 97.9. The predicted octanol–water partition coefficient (Wildman–Crippen LogP) is 26.9. The van der Waals surface area contributed by atoms with Crippen LogP contribution in [0.25, 0.3) is 0 Å². The zero-order chi connectivity index (χ0) is 66.9. The van der Waals surface area contributed by atoms with Crippen molar-refractivity contribution in [2.75, 3.05) is 40.9 Å². The fourth-order valence-corrected chi connectivity index (χ4v) is 14.2. The maximum Gasteiger partial charge on any atom is 0.268 e. The molecule has 0 saturated carbocycles. The zero-order valence-electron chi connectivity index (χ0n) is 63.3. The van der Waals surface area contributed by atoms with Crippen molar-refractivity contribution in [3.05, 3.63) is 12.2 Å².